The van der Waals surface area contributed by atoms with Crippen LogP contribution >= 0.6 is 0 Å². The molecular formula is C11H19N3O2S. The van der Waals surface area contributed by atoms with E-state index in [1.54, 1.807) is 13.8 Å². The normalized spacial score (nSPS) is 25.4. The second kappa shape index (κ2) is 4.42. The van der Waals surface area contributed by atoms with E-state index in [9.17, 15) is 8.42 Å². The average Bonchev–Trinajstić information content (AvgIpc) is 2.74. The zero-order valence-electron chi connectivity index (χ0n) is 10.4. The third-order valence-corrected chi connectivity index (χ3v) is 5.25. The van der Waals surface area contributed by atoms with Crippen LogP contribution in [0, 0.1) is 19.8 Å². The maximum atomic E-state index is 12.3. The number of rotatable bonds is 3. The second-order valence-corrected chi connectivity index (χ2v) is 6.55. The maximum absolute atomic E-state index is 12.3. The highest BCUT2D eigenvalue weighted by atomic mass is 32.2. The first-order chi connectivity index (χ1) is 7.92. The Morgan fingerprint density at radius 1 is 1.35 bits per heavy atom. The molecule has 5 nitrogen and oxygen atoms in total. The number of aromatic amines is 1. The number of aromatic nitrogens is 2. The fourth-order valence-corrected chi connectivity index (χ4v) is 4.27. The lowest BCUT2D eigenvalue weighted by atomic mass is 10.1. The smallest absolute Gasteiger partial charge is 0.244 e. The van der Waals surface area contributed by atoms with Crippen LogP contribution in [0.25, 0.3) is 0 Å². The summed E-state index contributed by atoms with van der Waals surface area (Å²) in [6.45, 7) is 5.53. The monoisotopic (exact) mass is 257 g/mol. The van der Waals surface area contributed by atoms with Gasteiger partial charge in [0.25, 0.3) is 0 Å². The number of nitrogens with zero attached hydrogens (tertiary/aromatic N) is 1. The van der Waals surface area contributed by atoms with Gasteiger partial charge in [0.1, 0.15) is 4.90 Å². The number of hydrogen-bond acceptors (Lipinski definition) is 3. The molecule has 1 aliphatic carbocycles. The van der Waals surface area contributed by atoms with Gasteiger partial charge < -0.3 is 0 Å². The third-order valence-electron chi connectivity index (χ3n) is 3.50. The van der Waals surface area contributed by atoms with Gasteiger partial charge in [-0.1, -0.05) is 13.3 Å². The first-order valence-electron chi connectivity index (χ1n) is 5.95. The predicted octanol–water partition coefficient (Wildman–Crippen LogP) is 1.49. The Labute approximate surface area is 102 Å². The van der Waals surface area contributed by atoms with Gasteiger partial charge >= 0.3 is 0 Å². The van der Waals surface area contributed by atoms with E-state index in [0.29, 0.717) is 22.2 Å². The molecule has 0 saturated heterocycles. The zero-order chi connectivity index (χ0) is 12.6. The molecule has 0 radical (unpaired) electrons. The van der Waals surface area contributed by atoms with E-state index < -0.39 is 10.0 Å². The molecule has 0 amide bonds. The summed E-state index contributed by atoms with van der Waals surface area (Å²) in [5.74, 6) is 0.414. The zero-order valence-corrected chi connectivity index (χ0v) is 11.3. The lowest BCUT2D eigenvalue weighted by Gasteiger charge is -2.17. The largest absolute Gasteiger partial charge is 0.281 e. The standard InChI is InChI=1S/C11H19N3O2S/c1-7-5-4-6-10(7)14-17(15,16)11-8(2)12-13-9(11)3/h7,10,14H,4-6H2,1-3H3,(H,12,13). The number of aryl methyl sites for hydroxylation is 2. The van der Waals surface area contributed by atoms with Crippen LogP contribution in [0.5, 0.6) is 0 Å². The molecule has 1 aliphatic rings. The van der Waals surface area contributed by atoms with Crippen LogP contribution in [0.1, 0.15) is 37.6 Å². The third kappa shape index (κ3) is 2.37. The van der Waals surface area contributed by atoms with Crippen LogP contribution in [0.3, 0.4) is 0 Å². The molecule has 1 aromatic heterocycles. The Bertz CT molecular complexity index is 487. The van der Waals surface area contributed by atoms with Crippen molar-refractivity contribution in [2.45, 2.75) is 51.0 Å². The molecule has 0 aliphatic heterocycles. The van der Waals surface area contributed by atoms with Crippen molar-refractivity contribution in [3.63, 3.8) is 0 Å². The van der Waals surface area contributed by atoms with E-state index in [1.165, 1.54) is 0 Å². The first kappa shape index (κ1) is 12.6. The Balaban J connectivity index is 2.25. The van der Waals surface area contributed by atoms with E-state index in [1.807, 2.05) is 0 Å². The fraction of sp³-hybridized carbons (Fsp3) is 0.727. The van der Waals surface area contributed by atoms with Gasteiger partial charge in [-0.15, -0.1) is 0 Å². The minimum Gasteiger partial charge on any atom is -0.281 e. The van der Waals surface area contributed by atoms with Crippen molar-refractivity contribution in [3.8, 4) is 0 Å². The molecule has 1 fully saturated rings. The van der Waals surface area contributed by atoms with Crippen LogP contribution in [0.4, 0.5) is 0 Å². The molecule has 1 saturated carbocycles. The first-order valence-corrected chi connectivity index (χ1v) is 7.44. The Morgan fingerprint density at radius 2 is 2.06 bits per heavy atom. The lowest BCUT2D eigenvalue weighted by Crippen LogP contribution is -2.36. The van der Waals surface area contributed by atoms with Crippen LogP contribution in [0.2, 0.25) is 0 Å². The summed E-state index contributed by atoms with van der Waals surface area (Å²) in [6.07, 6.45) is 3.12. The molecule has 0 spiro atoms. The summed E-state index contributed by atoms with van der Waals surface area (Å²) in [5, 5.41) is 6.64. The van der Waals surface area contributed by atoms with Crippen LogP contribution in [-0.2, 0) is 10.0 Å². The van der Waals surface area contributed by atoms with Crippen LogP contribution in [-0.4, -0.2) is 24.7 Å². The molecule has 0 bridgehead atoms. The van der Waals surface area contributed by atoms with E-state index >= 15 is 0 Å². The molecule has 0 aromatic carbocycles. The summed E-state index contributed by atoms with van der Waals surface area (Å²) in [6, 6.07) is 0.0636. The van der Waals surface area contributed by atoms with Gasteiger partial charge in [-0.05, 0) is 32.6 Å². The van der Waals surface area contributed by atoms with Gasteiger partial charge in [0.05, 0.1) is 11.4 Å². The second-order valence-electron chi connectivity index (χ2n) is 4.90. The molecule has 2 atom stereocenters. The highest BCUT2D eigenvalue weighted by Gasteiger charge is 2.30. The summed E-state index contributed by atoms with van der Waals surface area (Å²) in [5.41, 5.74) is 1.13. The summed E-state index contributed by atoms with van der Waals surface area (Å²) >= 11 is 0. The number of sulfonamides is 1. The Kier molecular flexibility index (Phi) is 3.27. The van der Waals surface area contributed by atoms with Crippen molar-refractivity contribution < 1.29 is 8.42 Å². The Morgan fingerprint density at radius 3 is 2.53 bits per heavy atom. The number of nitrogens with one attached hydrogen (secondary N) is 2. The SMILES string of the molecule is Cc1n[nH]c(C)c1S(=O)(=O)NC1CCCC1C. The highest BCUT2D eigenvalue weighted by molar-refractivity contribution is 7.89. The molecule has 1 heterocycles. The summed E-state index contributed by atoms with van der Waals surface area (Å²) < 4.78 is 27.3. The van der Waals surface area contributed by atoms with E-state index in [0.717, 1.165) is 19.3 Å². The molecule has 2 rings (SSSR count). The van der Waals surface area contributed by atoms with Crippen molar-refractivity contribution in [2.24, 2.45) is 5.92 Å². The van der Waals surface area contributed by atoms with Crippen LogP contribution < -0.4 is 4.72 Å². The van der Waals surface area contributed by atoms with Crippen molar-refractivity contribution in [3.05, 3.63) is 11.4 Å². The summed E-state index contributed by atoms with van der Waals surface area (Å²) in [7, 11) is -3.44. The molecule has 96 valence electrons. The molecular weight excluding hydrogens is 238 g/mol. The minimum atomic E-state index is -3.44. The summed E-state index contributed by atoms with van der Waals surface area (Å²) in [4.78, 5) is 0.302. The number of H-pyrrole nitrogens is 1. The molecule has 17 heavy (non-hydrogen) atoms. The topological polar surface area (TPSA) is 74.8 Å². The average molecular weight is 257 g/mol. The quantitative estimate of drug-likeness (QED) is 0.861. The maximum Gasteiger partial charge on any atom is 0.244 e. The minimum absolute atomic E-state index is 0.0636. The molecule has 1 aromatic rings. The van der Waals surface area contributed by atoms with Crippen molar-refractivity contribution in [2.75, 3.05) is 0 Å². The highest BCUT2D eigenvalue weighted by Crippen LogP contribution is 2.27. The van der Waals surface area contributed by atoms with Gasteiger partial charge in [0.2, 0.25) is 10.0 Å². The van der Waals surface area contributed by atoms with E-state index in [2.05, 4.69) is 21.8 Å². The van der Waals surface area contributed by atoms with E-state index in [4.69, 9.17) is 0 Å². The molecule has 2 N–H and O–H groups in total. The molecule has 6 heteroatoms. The predicted molar refractivity (Wildman–Crippen MR) is 65.2 cm³/mol. The Hall–Kier alpha value is -0.880. The van der Waals surface area contributed by atoms with E-state index in [-0.39, 0.29) is 6.04 Å². The lowest BCUT2D eigenvalue weighted by molar-refractivity contribution is 0.476. The fourth-order valence-electron chi connectivity index (χ4n) is 2.52. The van der Waals surface area contributed by atoms with Gasteiger partial charge in [-0.3, -0.25) is 5.10 Å². The van der Waals surface area contributed by atoms with Crippen molar-refractivity contribution in [1.82, 2.24) is 14.9 Å². The molecule has 2 unspecified atom stereocenters. The number of hydrogen-bond donors (Lipinski definition) is 2. The van der Waals surface area contributed by atoms with Gasteiger partial charge in [0.15, 0.2) is 0 Å². The van der Waals surface area contributed by atoms with Crippen LogP contribution in [0.15, 0.2) is 4.90 Å². The van der Waals surface area contributed by atoms with Gasteiger partial charge in [-0.2, -0.15) is 5.10 Å². The van der Waals surface area contributed by atoms with Gasteiger partial charge in [0, 0.05) is 6.04 Å². The van der Waals surface area contributed by atoms with Crippen molar-refractivity contribution >= 4 is 10.0 Å². The van der Waals surface area contributed by atoms with Gasteiger partial charge in [-0.25, -0.2) is 13.1 Å². The van der Waals surface area contributed by atoms with Crippen molar-refractivity contribution in [1.29, 1.82) is 0 Å².